The summed E-state index contributed by atoms with van der Waals surface area (Å²) in [6.45, 7) is 7.99. The SMILES string of the molecule is CCC(C)OC(=O)/C=C/c1ccc(OC(C)CC)cc1. The van der Waals surface area contributed by atoms with E-state index < -0.39 is 0 Å². The molecule has 3 nitrogen and oxygen atoms in total. The molecule has 0 spiro atoms. The number of benzene rings is 1. The zero-order valence-corrected chi connectivity index (χ0v) is 12.8. The van der Waals surface area contributed by atoms with Crippen molar-refractivity contribution in [2.75, 3.05) is 0 Å². The summed E-state index contributed by atoms with van der Waals surface area (Å²) in [4.78, 5) is 11.5. The highest BCUT2D eigenvalue weighted by Gasteiger charge is 2.03. The van der Waals surface area contributed by atoms with Gasteiger partial charge in [-0.25, -0.2) is 4.79 Å². The molecular weight excluding hydrogens is 252 g/mol. The van der Waals surface area contributed by atoms with Gasteiger partial charge in [0.25, 0.3) is 0 Å². The Kier molecular flexibility index (Phi) is 6.85. The van der Waals surface area contributed by atoms with E-state index in [0.29, 0.717) is 0 Å². The van der Waals surface area contributed by atoms with E-state index in [1.807, 2.05) is 45.0 Å². The Morgan fingerprint density at radius 3 is 2.25 bits per heavy atom. The quantitative estimate of drug-likeness (QED) is 0.552. The Labute approximate surface area is 121 Å². The minimum atomic E-state index is -0.306. The van der Waals surface area contributed by atoms with E-state index in [-0.39, 0.29) is 18.2 Å². The molecular formula is C17H24O3. The first-order chi connectivity index (χ1) is 9.55. The van der Waals surface area contributed by atoms with Gasteiger partial charge in [-0.05, 0) is 50.5 Å². The van der Waals surface area contributed by atoms with Crippen LogP contribution in [0.4, 0.5) is 0 Å². The van der Waals surface area contributed by atoms with Crippen LogP contribution in [-0.2, 0) is 9.53 Å². The summed E-state index contributed by atoms with van der Waals surface area (Å²) in [7, 11) is 0. The average molecular weight is 276 g/mol. The van der Waals surface area contributed by atoms with Crippen molar-refractivity contribution in [3.8, 4) is 5.75 Å². The van der Waals surface area contributed by atoms with Crippen molar-refractivity contribution in [3.63, 3.8) is 0 Å². The van der Waals surface area contributed by atoms with Crippen LogP contribution in [0.5, 0.6) is 5.75 Å². The lowest BCUT2D eigenvalue weighted by Crippen LogP contribution is -2.11. The zero-order valence-electron chi connectivity index (χ0n) is 12.8. The smallest absolute Gasteiger partial charge is 0.331 e. The van der Waals surface area contributed by atoms with Gasteiger partial charge in [-0.2, -0.15) is 0 Å². The molecule has 2 atom stereocenters. The summed E-state index contributed by atoms with van der Waals surface area (Å²) in [6.07, 6.45) is 5.17. The van der Waals surface area contributed by atoms with Gasteiger partial charge in [-0.1, -0.05) is 26.0 Å². The summed E-state index contributed by atoms with van der Waals surface area (Å²) in [5.74, 6) is 0.540. The second kappa shape index (κ2) is 8.41. The molecule has 20 heavy (non-hydrogen) atoms. The predicted octanol–water partition coefficient (Wildman–Crippen LogP) is 4.22. The summed E-state index contributed by atoms with van der Waals surface area (Å²) in [5.41, 5.74) is 0.947. The molecule has 0 saturated heterocycles. The van der Waals surface area contributed by atoms with Crippen LogP contribution in [0.25, 0.3) is 6.08 Å². The van der Waals surface area contributed by atoms with Gasteiger partial charge in [0.1, 0.15) is 5.75 Å². The van der Waals surface area contributed by atoms with Gasteiger partial charge in [-0.3, -0.25) is 0 Å². The highest BCUT2D eigenvalue weighted by atomic mass is 16.5. The van der Waals surface area contributed by atoms with Gasteiger partial charge in [-0.15, -0.1) is 0 Å². The maximum atomic E-state index is 11.5. The standard InChI is InChI=1S/C17H24O3/c1-5-13(3)19-16-10-7-15(8-11-16)9-12-17(18)20-14(4)6-2/h7-14H,5-6H2,1-4H3/b12-9+. The Morgan fingerprint density at radius 2 is 1.70 bits per heavy atom. The number of hydrogen-bond donors (Lipinski definition) is 0. The summed E-state index contributed by atoms with van der Waals surface area (Å²) in [6, 6.07) is 7.66. The maximum Gasteiger partial charge on any atom is 0.331 e. The molecule has 110 valence electrons. The number of rotatable bonds is 7. The van der Waals surface area contributed by atoms with Crippen molar-refractivity contribution in [1.29, 1.82) is 0 Å². The lowest BCUT2D eigenvalue weighted by Gasteiger charge is -2.12. The zero-order chi connectivity index (χ0) is 15.0. The summed E-state index contributed by atoms with van der Waals surface area (Å²) in [5, 5.41) is 0. The average Bonchev–Trinajstić information content (AvgIpc) is 2.46. The number of hydrogen-bond acceptors (Lipinski definition) is 3. The molecule has 3 heteroatoms. The molecule has 0 saturated carbocycles. The van der Waals surface area contributed by atoms with Crippen molar-refractivity contribution < 1.29 is 14.3 Å². The number of esters is 1. The van der Waals surface area contributed by atoms with Crippen LogP contribution >= 0.6 is 0 Å². The summed E-state index contributed by atoms with van der Waals surface area (Å²) >= 11 is 0. The second-order valence-corrected chi connectivity index (χ2v) is 4.89. The van der Waals surface area contributed by atoms with E-state index in [2.05, 4.69) is 6.92 Å². The van der Waals surface area contributed by atoms with Crippen LogP contribution < -0.4 is 4.74 Å². The molecule has 0 amide bonds. The van der Waals surface area contributed by atoms with Crippen molar-refractivity contribution in [2.24, 2.45) is 0 Å². The third-order valence-corrected chi connectivity index (χ3v) is 3.10. The Morgan fingerprint density at radius 1 is 1.10 bits per heavy atom. The Hall–Kier alpha value is -1.77. The molecule has 0 aliphatic carbocycles. The first-order valence-electron chi connectivity index (χ1n) is 7.20. The fraction of sp³-hybridized carbons (Fsp3) is 0.471. The molecule has 1 rings (SSSR count). The largest absolute Gasteiger partial charge is 0.491 e. The highest BCUT2D eigenvalue weighted by Crippen LogP contribution is 2.15. The fourth-order valence-electron chi connectivity index (χ4n) is 1.46. The molecule has 1 aromatic carbocycles. The number of carbonyl (C=O) groups is 1. The van der Waals surface area contributed by atoms with Crippen molar-refractivity contribution in [3.05, 3.63) is 35.9 Å². The number of carbonyl (C=O) groups excluding carboxylic acids is 1. The molecule has 0 fully saturated rings. The molecule has 0 heterocycles. The minimum absolute atomic E-state index is 0.0431. The molecule has 1 aromatic rings. The normalized spacial score (nSPS) is 14.0. The van der Waals surface area contributed by atoms with E-state index in [1.54, 1.807) is 6.08 Å². The van der Waals surface area contributed by atoms with E-state index in [1.165, 1.54) is 6.08 Å². The molecule has 0 aliphatic heterocycles. The molecule has 2 unspecified atom stereocenters. The van der Waals surface area contributed by atoms with Crippen molar-refractivity contribution >= 4 is 12.0 Å². The van der Waals surface area contributed by atoms with E-state index in [4.69, 9.17) is 9.47 Å². The first kappa shape index (κ1) is 16.3. The molecule has 0 bridgehead atoms. The lowest BCUT2D eigenvalue weighted by atomic mass is 10.2. The van der Waals surface area contributed by atoms with E-state index in [0.717, 1.165) is 24.2 Å². The van der Waals surface area contributed by atoms with E-state index in [9.17, 15) is 4.79 Å². The monoisotopic (exact) mass is 276 g/mol. The van der Waals surface area contributed by atoms with Gasteiger partial charge in [0, 0.05) is 6.08 Å². The van der Waals surface area contributed by atoms with Gasteiger partial charge < -0.3 is 9.47 Å². The maximum absolute atomic E-state index is 11.5. The predicted molar refractivity (Wildman–Crippen MR) is 81.7 cm³/mol. The molecule has 0 aromatic heterocycles. The van der Waals surface area contributed by atoms with Gasteiger partial charge in [0.2, 0.25) is 0 Å². The molecule has 0 aliphatic rings. The lowest BCUT2D eigenvalue weighted by molar-refractivity contribution is -0.142. The highest BCUT2D eigenvalue weighted by molar-refractivity contribution is 5.87. The fourth-order valence-corrected chi connectivity index (χ4v) is 1.46. The van der Waals surface area contributed by atoms with Gasteiger partial charge in [0.15, 0.2) is 0 Å². The minimum Gasteiger partial charge on any atom is -0.491 e. The number of ether oxygens (including phenoxy) is 2. The summed E-state index contributed by atoms with van der Waals surface area (Å²) < 4.78 is 10.9. The van der Waals surface area contributed by atoms with Crippen LogP contribution in [0.3, 0.4) is 0 Å². The van der Waals surface area contributed by atoms with E-state index >= 15 is 0 Å². The Bertz CT molecular complexity index is 434. The van der Waals surface area contributed by atoms with Gasteiger partial charge >= 0.3 is 5.97 Å². The van der Waals surface area contributed by atoms with Crippen LogP contribution in [0, 0.1) is 0 Å². The molecule has 0 radical (unpaired) electrons. The van der Waals surface area contributed by atoms with Crippen LogP contribution in [0.2, 0.25) is 0 Å². The molecule has 0 N–H and O–H groups in total. The first-order valence-corrected chi connectivity index (χ1v) is 7.20. The topological polar surface area (TPSA) is 35.5 Å². The van der Waals surface area contributed by atoms with Crippen LogP contribution in [0.1, 0.15) is 46.1 Å². The van der Waals surface area contributed by atoms with Crippen LogP contribution in [0.15, 0.2) is 30.3 Å². The Balaban J connectivity index is 2.54. The third-order valence-electron chi connectivity index (χ3n) is 3.10. The van der Waals surface area contributed by atoms with Crippen LogP contribution in [-0.4, -0.2) is 18.2 Å². The van der Waals surface area contributed by atoms with Gasteiger partial charge in [0.05, 0.1) is 12.2 Å². The van der Waals surface area contributed by atoms with Crippen molar-refractivity contribution in [2.45, 2.75) is 52.7 Å². The second-order valence-electron chi connectivity index (χ2n) is 4.89. The third kappa shape index (κ3) is 5.91. The van der Waals surface area contributed by atoms with Crippen molar-refractivity contribution in [1.82, 2.24) is 0 Å².